The number of pyridine rings is 1. The summed E-state index contributed by atoms with van der Waals surface area (Å²) in [5, 5.41) is 3.46. The molecule has 172 valence electrons. The Bertz CT molecular complexity index is 1190. The smallest absolute Gasteiger partial charge is 0.258 e. The third kappa shape index (κ3) is 5.63. The molecule has 0 radical (unpaired) electrons. The van der Waals surface area contributed by atoms with Crippen LogP contribution in [0.5, 0.6) is 0 Å². The molecule has 3 aromatic rings. The van der Waals surface area contributed by atoms with E-state index in [1.54, 1.807) is 46.9 Å². The van der Waals surface area contributed by atoms with Crippen molar-refractivity contribution in [3.8, 4) is 0 Å². The van der Waals surface area contributed by atoms with Crippen molar-refractivity contribution in [2.75, 3.05) is 24.7 Å². The van der Waals surface area contributed by atoms with Gasteiger partial charge in [-0.25, -0.2) is 13.4 Å². The van der Waals surface area contributed by atoms with Crippen LogP contribution >= 0.6 is 11.8 Å². The molecule has 33 heavy (non-hydrogen) atoms. The lowest BCUT2D eigenvalue weighted by Gasteiger charge is -2.31. The van der Waals surface area contributed by atoms with Crippen LogP contribution in [0, 0.1) is 5.92 Å². The van der Waals surface area contributed by atoms with Crippen molar-refractivity contribution in [2.45, 2.75) is 29.2 Å². The van der Waals surface area contributed by atoms with Gasteiger partial charge < -0.3 is 5.32 Å². The number of nitrogens with one attached hydrogen (secondary N) is 1. The largest absolute Gasteiger partial charge is 0.322 e. The molecule has 0 atom stereocenters. The van der Waals surface area contributed by atoms with Crippen LogP contribution in [0.4, 0.5) is 5.69 Å². The zero-order valence-electron chi connectivity index (χ0n) is 18.5. The average molecular weight is 482 g/mol. The molecule has 0 saturated carbocycles. The van der Waals surface area contributed by atoms with Gasteiger partial charge in [-0.05, 0) is 73.4 Å². The first kappa shape index (κ1) is 23.5. The van der Waals surface area contributed by atoms with E-state index in [0.717, 1.165) is 19.3 Å². The summed E-state index contributed by atoms with van der Waals surface area (Å²) in [4.78, 5) is 17.0. The normalized spacial score (nSPS) is 15.3. The number of carbonyl (C=O) groups is 1. The van der Waals surface area contributed by atoms with E-state index in [1.165, 1.54) is 17.3 Å². The van der Waals surface area contributed by atoms with Gasteiger partial charge in [-0.15, -0.1) is 11.8 Å². The maximum Gasteiger partial charge on any atom is 0.258 e. The van der Waals surface area contributed by atoms with Crippen LogP contribution in [0.3, 0.4) is 0 Å². The zero-order valence-corrected chi connectivity index (χ0v) is 20.1. The zero-order chi connectivity index (χ0) is 23.3. The van der Waals surface area contributed by atoms with Crippen LogP contribution in [0.1, 0.15) is 28.8 Å². The van der Waals surface area contributed by atoms with Gasteiger partial charge in [0, 0.05) is 25.0 Å². The van der Waals surface area contributed by atoms with Crippen LogP contribution < -0.4 is 5.32 Å². The van der Waals surface area contributed by atoms with Crippen molar-refractivity contribution in [1.82, 2.24) is 9.29 Å². The summed E-state index contributed by atoms with van der Waals surface area (Å²) in [6.45, 7) is 1.05. The molecule has 0 aliphatic carbocycles. The first-order valence-electron chi connectivity index (χ1n) is 10.9. The SMILES string of the molecule is CSc1ncccc1C(=O)Nc1ccc(S(=O)(=O)N2CCC(Cc3ccccc3)CC2)cc1. The Labute approximate surface area is 199 Å². The predicted octanol–water partition coefficient (Wildman–Crippen LogP) is 4.70. The maximum atomic E-state index is 13.1. The van der Waals surface area contributed by atoms with E-state index in [1.807, 2.05) is 24.5 Å². The van der Waals surface area contributed by atoms with Gasteiger partial charge in [0.15, 0.2) is 0 Å². The number of nitrogens with zero attached hydrogens (tertiary/aromatic N) is 2. The Morgan fingerprint density at radius 1 is 1.03 bits per heavy atom. The molecule has 1 saturated heterocycles. The fourth-order valence-corrected chi connectivity index (χ4v) is 6.10. The number of anilines is 1. The Hall–Kier alpha value is -2.68. The summed E-state index contributed by atoms with van der Waals surface area (Å²) in [5.41, 5.74) is 2.32. The number of rotatable bonds is 7. The second kappa shape index (κ2) is 10.5. The molecule has 2 heterocycles. The van der Waals surface area contributed by atoms with E-state index in [9.17, 15) is 13.2 Å². The van der Waals surface area contributed by atoms with Gasteiger partial charge >= 0.3 is 0 Å². The van der Waals surface area contributed by atoms with Crippen LogP contribution in [-0.2, 0) is 16.4 Å². The van der Waals surface area contributed by atoms with Crippen molar-refractivity contribution < 1.29 is 13.2 Å². The predicted molar refractivity (Wildman–Crippen MR) is 132 cm³/mol. The number of carbonyl (C=O) groups excluding carboxylic acids is 1. The third-order valence-corrected chi connectivity index (χ3v) is 8.52. The number of aromatic nitrogens is 1. The minimum absolute atomic E-state index is 0.244. The first-order valence-corrected chi connectivity index (χ1v) is 13.6. The van der Waals surface area contributed by atoms with Crippen LogP contribution in [0.15, 0.2) is 82.8 Å². The van der Waals surface area contributed by atoms with E-state index < -0.39 is 10.0 Å². The summed E-state index contributed by atoms with van der Waals surface area (Å²) < 4.78 is 27.8. The molecule has 8 heteroatoms. The Morgan fingerprint density at radius 3 is 2.39 bits per heavy atom. The Balaban J connectivity index is 1.37. The fraction of sp³-hybridized carbons (Fsp3) is 0.280. The van der Waals surface area contributed by atoms with Crippen LogP contribution in [0.2, 0.25) is 0 Å². The molecule has 1 aliphatic rings. The van der Waals surface area contributed by atoms with Crippen molar-refractivity contribution >= 4 is 33.4 Å². The minimum atomic E-state index is -3.56. The highest BCUT2D eigenvalue weighted by atomic mass is 32.2. The van der Waals surface area contributed by atoms with E-state index in [0.29, 0.717) is 35.3 Å². The molecule has 1 fully saturated rings. The summed E-state index contributed by atoms with van der Waals surface area (Å²) >= 11 is 1.40. The standard InChI is InChI=1S/C25H27N3O3S2/c1-32-25-23(8-5-15-26-25)24(29)27-21-9-11-22(12-10-21)33(30,31)28-16-13-20(14-17-28)18-19-6-3-2-4-7-19/h2-12,15,20H,13-14,16-18H2,1H3,(H,27,29). The van der Waals surface area contributed by atoms with Crippen molar-refractivity contribution in [3.63, 3.8) is 0 Å². The number of thioether (sulfide) groups is 1. The number of hydrogen-bond acceptors (Lipinski definition) is 5. The average Bonchev–Trinajstić information content (AvgIpc) is 2.85. The van der Waals surface area contributed by atoms with E-state index in [-0.39, 0.29) is 10.8 Å². The highest BCUT2D eigenvalue weighted by Crippen LogP contribution is 2.27. The summed E-state index contributed by atoms with van der Waals surface area (Å²) in [6, 6.07) is 20.1. The van der Waals surface area contributed by atoms with Crippen LogP contribution in [-0.4, -0.2) is 43.0 Å². The number of benzene rings is 2. The van der Waals surface area contributed by atoms with Crippen LogP contribution in [0.25, 0.3) is 0 Å². The molecule has 0 bridgehead atoms. The molecule has 1 N–H and O–H groups in total. The number of hydrogen-bond donors (Lipinski definition) is 1. The quantitative estimate of drug-likeness (QED) is 0.495. The monoisotopic (exact) mass is 481 g/mol. The minimum Gasteiger partial charge on any atom is -0.322 e. The lowest BCUT2D eigenvalue weighted by Crippen LogP contribution is -2.38. The van der Waals surface area contributed by atoms with Gasteiger partial charge in [0.1, 0.15) is 5.03 Å². The second-order valence-corrected chi connectivity index (χ2v) is 10.8. The molecule has 4 rings (SSSR count). The van der Waals surface area contributed by atoms with Crippen molar-refractivity contribution in [1.29, 1.82) is 0 Å². The first-order chi connectivity index (χ1) is 16.0. The summed E-state index contributed by atoms with van der Waals surface area (Å²) in [7, 11) is -3.56. The lowest BCUT2D eigenvalue weighted by molar-refractivity contribution is 0.102. The van der Waals surface area contributed by atoms with Gasteiger partial charge in [0.05, 0.1) is 10.5 Å². The Morgan fingerprint density at radius 2 is 1.73 bits per heavy atom. The van der Waals surface area contributed by atoms with Gasteiger partial charge in [-0.2, -0.15) is 4.31 Å². The molecule has 1 amide bonds. The molecular formula is C25H27N3O3S2. The van der Waals surface area contributed by atoms with E-state index in [2.05, 4.69) is 22.4 Å². The third-order valence-electron chi connectivity index (χ3n) is 5.90. The van der Waals surface area contributed by atoms with Crippen molar-refractivity contribution in [2.24, 2.45) is 5.92 Å². The molecule has 0 spiro atoms. The number of amides is 1. The fourth-order valence-electron chi connectivity index (χ4n) is 4.09. The Kier molecular flexibility index (Phi) is 7.47. The highest BCUT2D eigenvalue weighted by molar-refractivity contribution is 7.98. The second-order valence-electron chi connectivity index (χ2n) is 8.08. The molecule has 2 aromatic carbocycles. The number of sulfonamides is 1. The van der Waals surface area contributed by atoms with E-state index in [4.69, 9.17) is 0 Å². The molecule has 1 aliphatic heterocycles. The van der Waals surface area contributed by atoms with Gasteiger partial charge in [-0.3, -0.25) is 4.79 Å². The van der Waals surface area contributed by atoms with E-state index >= 15 is 0 Å². The molecule has 6 nitrogen and oxygen atoms in total. The molecular weight excluding hydrogens is 454 g/mol. The lowest BCUT2D eigenvalue weighted by atomic mass is 9.91. The van der Waals surface area contributed by atoms with Gasteiger partial charge in [0.2, 0.25) is 10.0 Å². The van der Waals surface area contributed by atoms with Gasteiger partial charge in [-0.1, -0.05) is 30.3 Å². The van der Waals surface area contributed by atoms with Gasteiger partial charge in [0.25, 0.3) is 5.91 Å². The maximum absolute atomic E-state index is 13.1. The molecule has 0 unspecified atom stereocenters. The summed E-state index contributed by atoms with van der Waals surface area (Å²) in [5.74, 6) is 0.221. The highest BCUT2D eigenvalue weighted by Gasteiger charge is 2.29. The topological polar surface area (TPSA) is 79.4 Å². The van der Waals surface area contributed by atoms with Crippen molar-refractivity contribution in [3.05, 3.63) is 84.1 Å². The number of piperidine rings is 1. The summed E-state index contributed by atoms with van der Waals surface area (Å²) in [6.07, 6.45) is 6.20. The molecule has 1 aromatic heterocycles.